The minimum Gasteiger partial charge on any atom is -0.491 e. The van der Waals surface area contributed by atoms with Crippen molar-refractivity contribution in [3.63, 3.8) is 0 Å². The van der Waals surface area contributed by atoms with E-state index in [2.05, 4.69) is 10.2 Å². The van der Waals surface area contributed by atoms with Crippen LogP contribution in [0.4, 0.5) is 11.4 Å². The monoisotopic (exact) mass is 411 g/mol. The van der Waals surface area contributed by atoms with Gasteiger partial charge in [-0.25, -0.2) is 0 Å². The maximum Gasteiger partial charge on any atom is 0.254 e. The van der Waals surface area contributed by atoms with E-state index in [1.165, 1.54) is 4.90 Å². The van der Waals surface area contributed by atoms with Gasteiger partial charge in [-0.2, -0.15) is 0 Å². The van der Waals surface area contributed by atoms with Crippen LogP contribution in [0.1, 0.15) is 24.2 Å². The lowest BCUT2D eigenvalue weighted by Crippen LogP contribution is -2.36. The minimum atomic E-state index is -0.246. The quantitative estimate of drug-likeness (QED) is 0.758. The van der Waals surface area contributed by atoms with Gasteiger partial charge in [-0.3, -0.25) is 9.59 Å². The van der Waals surface area contributed by atoms with E-state index in [1.54, 1.807) is 31.3 Å². The first kappa shape index (κ1) is 21.6. The number of anilines is 2. The van der Waals surface area contributed by atoms with Gasteiger partial charge in [0, 0.05) is 37.1 Å². The van der Waals surface area contributed by atoms with Gasteiger partial charge in [0.2, 0.25) is 5.91 Å². The van der Waals surface area contributed by atoms with Crippen LogP contribution in [0.15, 0.2) is 48.5 Å². The van der Waals surface area contributed by atoms with Crippen LogP contribution in [0.5, 0.6) is 5.75 Å². The molecule has 2 amide bonds. The van der Waals surface area contributed by atoms with Crippen LogP contribution >= 0.6 is 0 Å². The number of amides is 2. The van der Waals surface area contributed by atoms with Gasteiger partial charge in [0.15, 0.2) is 0 Å². The molecule has 160 valence electrons. The van der Waals surface area contributed by atoms with Crippen molar-refractivity contribution in [2.75, 3.05) is 50.1 Å². The van der Waals surface area contributed by atoms with Crippen LogP contribution in [0.25, 0.3) is 0 Å². The molecular formula is C23H29N3O4. The number of rotatable bonds is 7. The van der Waals surface area contributed by atoms with E-state index in [1.807, 2.05) is 38.1 Å². The molecule has 3 rings (SSSR count). The average molecular weight is 412 g/mol. The number of morpholine rings is 1. The number of nitrogens with one attached hydrogen (secondary N) is 1. The smallest absolute Gasteiger partial charge is 0.254 e. The third-order valence-electron chi connectivity index (χ3n) is 4.73. The topological polar surface area (TPSA) is 71.1 Å². The van der Waals surface area contributed by atoms with Crippen LogP contribution in [0, 0.1) is 0 Å². The summed E-state index contributed by atoms with van der Waals surface area (Å²) < 4.78 is 11.0. The average Bonchev–Trinajstić information content (AvgIpc) is 2.74. The molecule has 1 aliphatic heterocycles. The van der Waals surface area contributed by atoms with Crippen molar-refractivity contribution >= 4 is 23.2 Å². The summed E-state index contributed by atoms with van der Waals surface area (Å²) in [5.74, 6) is 0.246. The first-order valence-corrected chi connectivity index (χ1v) is 10.2. The normalized spacial score (nSPS) is 13.8. The Labute approximate surface area is 177 Å². The molecule has 0 unspecified atom stereocenters. The van der Waals surface area contributed by atoms with Crippen molar-refractivity contribution in [2.45, 2.75) is 20.0 Å². The van der Waals surface area contributed by atoms with E-state index in [-0.39, 0.29) is 24.5 Å². The molecule has 0 spiro atoms. The van der Waals surface area contributed by atoms with Crippen molar-refractivity contribution in [3.8, 4) is 5.75 Å². The number of nitrogens with zero attached hydrogens (tertiary/aromatic N) is 2. The van der Waals surface area contributed by atoms with Crippen molar-refractivity contribution in [3.05, 3.63) is 54.1 Å². The molecule has 0 atom stereocenters. The molecule has 0 bridgehead atoms. The van der Waals surface area contributed by atoms with Gasteiger partial charge < -0.3 is 24.6 Å². The maximum absolute atomic E-state index is 12.6. The van der Waals surface area contributed by atoms with Crippen LogP contribution in [0.3, 0.4) is 0 Å². The molecule has 1 heterocycles. The number of hydrogen-bond acceptors (Lipinski definition) is 5. The second-order valence-corrected chi connectivity index (χ2v) is 7.55. The molecule has 1 aliphatic rings. The Kier molecular flexibility index (Phi) is 7.30. The Hall–Kier alpha value is -3.06. The van der Waals surface area contributed by atoms with Crippen LogP contribution in [-0.2, 0) is 9.53 Å². The Bertz CT molecular complexity index is 844. The highest BCUT2D eigenvalue weighted by atomic mass is 16.5. The lowest BCUT2D eigenvalue weighted by molar-refractivity contribution is -0.116. The lowest BCUT2D eigenvalue weighted by Gasteiger charge is -2.28. The zero-order valence-corrected chi connectivity index (χ0v) is 17.8. The van der Waals surface area contributed by atoms with Gasteiger partial charge in [-0.05, 0) is 62.4 Å². The molecule has 1 N–H and O–H groups in total. The molecule has 1 saturated heterocycles. The summed E-state index contributed by atoms with van der Waals surface area (Å²) in [5.41, 5.74) is 2.32. The fourth-order valence-corrected chi connectivity index (χ4v) is 3.23. The summed E-state index contributed by atoms with van der Waals surface area (Å²) in [7, 11) is 1.61. The molecule has 2 aromatic rings. The van der Waals surface area contributed by atoms with E-state index in [4.69, 9.17) is 9.47 Å². The second-order valence-electron chi connectivity index (χ2n) is 7.55. The Balaban J connectivity index is 1.51. The van der Waals surface area contributed by atoms with E-state index in [0.29, 0.717) is 17.0 Å². The van der Waals surface area contributed by atoms with Crippen molar-refractivity contribution in [1.82, 2.24) is 4.90 Å². The van der Waals surface area contributed by atoms with Gasteiger partial charge in [0.25, 0.3) is 5.91 Å². The van der Waals surface area contributed by atoms with Gasteiger partial charge in [-0.1, -0.05) is 0 Å². The van der Waals surface area contributed by atoms with Crippen LogP contribution < -0.4 is 15.0 Å². The van der Waals surface area contributed by atoms with E-state index >= 15 is 0 Å². The molecule has 1 fully saturated rings. The Morgan fingerprint density at radius 3 is 2.30 bits per heavy atom. The zero-order chi connectivity index (χ0) is 21.5. The molecule has 0 aromatic heterocycles. The summed E-state index contributed by atoms with van der Waals surface area (Å²) >= 11 is 0. The Morgan fingerprint density at radius 2 is 1.70 bits per heavy atom. The predicted octanol–water partition coefficient (Wildman–Crippen LogP) is 3.02. The first-order chi connectivity index (χ1) is 14.4. The summed E-state index contributed by atoms with van der Waals surface area (Å²) in [5, 5.41) is 2.84. The fourth-order valence-electron chi connectivity index (χ4n) is 3.23. The summed E-state index contributed by atoms with van der Waals surface area (Å²) in [6.07, 6.45) is 0.0702. The number of ether oxygens (including phenoxy) is 2. The van der Waals surface area contributed by atoms with E-state index < -0.39 is 0 Å². The molecule has 7 nitrogen and oxygen atoms in total. The van der Waals surface area contributed by atoms with Crippen LogP contribution in [0.2, 0.25) is 0 Å². The predicted molar refractivity (Wildman–Crippen MR) is 117 cm³/mol. The summed E-state index contributed by atoms with van der Waals surface area (Å²) in [6.45, 7) is 7.04. The molecule has 0 aliphatic carbocycles. The zero-order valence-electron chi connectivity index (χ0n) is 17.8. The Morgan fingerprint density at radius 1 is 1.07 bits per heavy atom. The minimum absolute atomic E-state index is 0.0334. The van der Waals surface area contributed by atoms with E-state index in [9.17, 15) is 9.59 Å². The SMILES string of the molecule is CC(C)Oc1ccc(C(=O)N(C)CC(=O)Nc2ccc(N3CCOCC3)cc2)cc1. The summed E-state index contributed by atoms with van der Waals surface area (Å²) in [6, 6.07) is 14.6. The van der Waals surface area contributed by atoms with E-state index in [0.717, 1.165) is 32.0 Å². The highest BCUT2D eigenvalue weighted by Gasteiger charge is 2.16. The van der Waals surface area contributed by atoms with Gasteiger partial charge in [-0.15, -0.1) is 0 Å². The third-order valence-corrected chi connectivity index (χ3v) is 4.73. The fraction of sp³-hybridized carbons (Fsp3) is 0.391. The summed E-state index contributed by atoms with van der Waals surface area (Å²) in [4.78, 5) is 28.6. The standard InChI is InChI=1S/C23H29N3O4/c1-17(2)30-21-10-4-18(5-11-21)23(28)25(3)16-22(27)24-19-6-8-20(9-7-19)26-12-14-29-15-13-26/h4-11,17H,12-16H2,1-3H3,(H,24,27). The molecule has 0 saturated carbocycles. The molecule has 7 heteroatoms. The number of benzene rings is 2. The van der Waals surface area contributed by atoms with Crippen molar-refractivity contribution < 1.29 is 19.1 Å². The maximum atomic E-state index is 12.6. The highest BCUT2D eigenvalue weighted by Crippen LogP contribution is 2.19. The number of carbonyl (C=O) groups is 2. The lowest BCUT2D eigenvalue weighted by atomic mass is 10.2. The molecule has 2 aromatic carbocycles. The van der Waals surface area contributed by atoms with Gasteiger partial charge >= 0.3 is 0 Å². The first-order valence-electron chi connectivity index (χ1n) is 10.2. The van der Waals surface area contributed by atoms with Gasteiger partial charge in [0.1, 0.15) is 5.75 Å². The number of hydrogen-bond donors (Lipinski definition) is 1. The third kappa shape index (κ3) is 5.97. The molecule has 0 radical (unpaired) electrons. The van der Waals surface area contributed by atoms with Crippen molar-refractivity contribution in [1.29, 1.82) is 0 Å². The second kappa shape index (κ2) is 10.1. The number of likely N-dealkylation sites (N-methyl/N-ethyl adjacent to an activating group) is 1. The van der Waals surface area contributed by atoms with Crippen molar-refractivity contribution in [2.24, 2.45) is 0 Å². The molecule has 30 heavy (non-hydrogen) atoms. The largest absolute Gasteiger partial charge is 0.491 e. The van der Waals surface area contributed by atoms with Gasteiger partial charge in [0.05, 0.1) is 25.9 Å². The number of carbonyl (C=O) groups excluding carboxylic acids is 2. The van der Waals surface area contributed by atoms with Crippen LogP contribution in [-0.4, -0.2) is 62.7 Å². The molecular weight excluding hydrogens is 382 g/mol. The highest BCUT2D eigenvalue weighted by molar-refractivity contribution is 5.99.